The summed E-state index contributed by atoms with van der Waals surface area (Å²) < 4.78 is 1.79. The second-order valence-corrected chi connectivity index (χ2v) is 3.11. The van der Waals surface area contributed by atoms with Gasteiger partial charge in [-0.25, -0.2) is 0 Å². The van der Waals surface area contributed by atoms with E-state index in [2.05, 4.69) is 0 Å². The zero-order valence-corrected chi connectivity index (χ0v) is 7.82. The average molecular weight is 182 g/mol. The van der Waals surface area contributed by atoms with Gasteiger partial charge in [-0.05, 0) is 13.8 Å². The summed E-state index contributed by atoms with van der Waals surface area (Å²) in [6.45, 7) is 4.10. The molecule has 1 aromatic heterocycles. The molecule has 4 heteroatoms. The van der Waals surface area contributed by atoms with Crippen LogP contribution >= 0.6 is 0 Å². The Labute approximate surface area is 76.6 Å². The van der Waals surface area contributed by atoms with Gasteiger partial charge in [-0.2, -0.15) is 0 Å². The molecule has 0 saturated carbocycles. The lowest BCUT2D eigenvalue weighted by Gasteiger charge is -2.17. The van der Waals surface area contributed by atoms with Crippen molar-refractivity contribution < 1.29 is 5.11 Å². The molecule has 1 heterocycles. The molecular formula is C9H14N2O2. The van der Waals surface area contributed by atoms with Crippen molar-refractivity contribution in [2.24, 2.45) is 5.73 Å². The maximum atomic E-state index is 11.0. The second-order valence-electron chi connectivity index (χ2n) is 3.11. The zero-order valence-electron chi connectivity index (χ0n) is 7.82. The number of hydrogen-bond donors (Lipinski definition) is 2. The van der Waals surface area contributed by atoms with Crippen LogP contribution in [0.5, 0.6) is 5.75 Å². The molecule has 1 unspecified atom stereocenters. The quantitative estimate of drug-likeness (QED) is 0.694. The summed E-state index contributed by atoms with van der Waals surface area (Å²) in [5, 5.41) is 9.36. The summed E-state index contributed by atoms with van der Waals surface area (Å²) in [6, 6.07) is 1.43. The molecule has 0 aliphatic rings. The number of rotatable bonds is 2. The van der Waals surface area contributed by atoms with Gasteiger partial charge >= 0.3 is 0 Å². The van der Waals surface area contributed by atoms with Crippen LogP contribution in [0.4, 0.5) is 0 Å². The van der Waals surface area contributed by atoms with Crippen LogP contribution in [0.25, 0.3) is 0 Å². The van der Waals surface area contributed by atoms with Crippen molar-refractivity contribution in [2.45, 2.75) is 19.9 Å². The summed E-state index contributed by atoms with van der Waals surface area (Å²) in [6.07, 6.45) is 1.65. The minimum Gasteiger partial charge on any atom is -0.503 e. The van der Waals surface area contributed by atoms with Gasteiger partial charge in [0.25, 0.3) is 0 Å². The molecule has 0 aliphatic carbocycles. The first-order valence-electron chi connectivity index (χ1n) is 4.18. The van der Waals surface area contributed by atoms with Gasteiger partial charge in [-0.15, -0.1) is 0 Å². The van der Waals surface area contributed by atoms with Crippen LogP contribution in [-0.4, -0.2) is 16.2 Å². The molecule has 0 amide bonds. The first-order chi connectivity index (χ1) is 6.07. The molecule has 0 radical (unpaired) electrons. The minimum absolute atomic E-state index is 0.0894. The number of pyridine rings is 1. The molecule has 0 bridgehead atoms. The SMILES string of the molecule is Cc1c(O)c(=O)ccn1C(C)CN. The van der Waals surface area contributed by atoms with Crippen LogP contribution < -0.4 is 11.2 Å². The fourth-order valence-corrected chi connectivity index (χ4v) is 1.23. The summed E-state index contributed by atoms with van der Waals surface area (Å²) in [5.41, 5.74) is 5.69. The molecule has 0 aliphatic heterocycles. The highest BCUT2D eigenvalue weighted by molar-refractivity contribution is 5.25. The van der Waals surface area contributed by atoms with E-state index >= 15 is 0 Å². The maximum Gasteiger partial charge on any atom is 0.223 e. The topological polar surface area (TPSA) is 68.2 Å². The molecule has 3 N–H and O–H groups in total. The minimum atomic E-state index is -0.349. The van der Waals surface area contributed by atoms with Gasteiger partial charge in [0.05, 0.1) is 5.69 Å². The lowest BCUT2D eigenvalue weighted by Crippen LogP contribution is -2.20. The Balaban J connectivity index is 3.26. The first kappa shape index (κ1) is 9.80. The Hall–Kier alpha value is -1.29. The molecule has 4 nitrogen and oxygen atoms in total. The number of nitrogens with two attached hydrogens (primary N) is 1. The van der Waals surface area contributed by atoms with E-state index in [9.17, 15) is 9.90 Å². The highest BCUT2D eigenvalue weighted by atomic mass is 16.3. The Morgan fingerprint density at radius 2 is 2.31 bits per heavy atom. The summed E-state index contributed by atoms with van der Waals surface area (Å²) in [4.78, 5) is 11.0. The molecule has 0 saturated heterocycles. The fraction of sp³-hybridized carbons (Fsp3) is 0.444. The normalized spacial score (nSPS) is 12.8. The Kier molecular flexibility index (Phi) is 2.72. The van der Waals surface area contributed by atoms with Crippen molar-refractivity contribution in [3.63, 3.8) is 0 Å². The van der Waals surface area contributed by atoms with Gasteiger partial charge in [-0.1, -0.05) is 0 Å². The van der Waals surface area contributed by atoms with Crippen molar-refractivity contribution >= 4 is 0 Å². The molecule has 0 fully saturated rings. The summed E-state index contributed by atoms with van der Waals surface area (Å²) in [5.74, 6) is -0.192. The van der Waals surface area contributed by atoms with E-state index in [1.54, 1.807) is 17.7 Å². The first-order valence-corrected chi connectivity index (χ1v) is 4.18. The predicted molar refractivity (Wildman–Crippen MR) is 50.9 cm³/mol. The van der Waals surface area contributed by atoms with E-state index in [0.29, 0.717) is 12.2 Å². The van der Waals surface area contributed by atoms with Crippen LogP contribution in [0.3, 0.4) is 0 Å². The Morgan fingerprint density at radius 1 is 1.69 bits per heavy atom. The standard InChI is InChI=1S/C9H14N2O2/c1-6(5-10)11-4-3-8(12)9(13)7(11)2/h3-4,6,13H,5,10H2,1-2H3. The third-order valence-electron chi connectivity index (χ3n) is 2.17. The van der Waals surface area contributed by atoms with Crippen LogP contribution in [0.15, 0.2) is 17.1 Å². The third-order valence-corrected chi connectivity index (χ3v) is 2.17. The van der Waals surface area contributed by atoms with Crippen molar-refractivity contribution in [2.75, 3.05) is 6.54 Å². The number of hydrogen-bond acceptors (Lipinski definition) is 3. The van der Waals surface area contributed by atoms with Gasteiger partial charge in [0.2, 0.25) is 5.43 Å². The lowest BCUT2D eigenvalue weighted by molar-refractivity contribution is 0.442. The molecule has 1 rings (SSSR count). The van der Waals surface area contributed by atoms with Crippen molar-refractivity contribution in [3.8, 4) is 5.75 Å². The van der Waals surface area contributed by atoms with Crippen LogP contribution in [0.1, 0.15) is 18.7 Å². The van der Waals surface area contributed by atoms with Gasteiger partial charge < -0.3 is 15.4 Å². The number of nitrogens with zero attached hydrogens (tertiary/aromatic N) is 1. The van der Waals surface area contributed by atoms with E-state index in [1.807, 2.05) is 6.92 Å². The van der Waals surface area contributed by atoms with E-state index < -0.39 is 0 Å². The molecule has 0 spiro atoms. The average Bonchev–Trinajstić information content (AvgIpc) is 2.13. The van der Waals surface area contributed by atoms with Gasteiger partial charge in [0.15, 0.2) is 5.75 Å². The van der Waals surface area contributed by atoms with E-state index in [4.69, 9.17) is 5.73 Å². The zero-order chi connectivity index (χ0) is 10.0. The Morgan fingerprint density at radius 3 is 2.85 bits per heavy atom. The van der Waals surface area contributed by atoms with E-state index in [0.717, 1.165) is 0 Å². The highest BCUT2D eigenvalue weighted by Gasteiger charge is 2.08. The molecule has 0 aromatic carbocycles. The molecule has 13 heavy (non-hydrogen) atoms. The van der Waals surface area contributed by atoms with E-state index in [1.165, 1.54) is 6.07 Å². The van der Waals surface area contributed by atoms with Crippen molar-refractivity contribution in [1.82, 2.24) is 4.57 Å². The van der Waals surface area contributed by atoms with Gasteiger partial charge in [-0.3, -0.25) is 4.79 Å². The van der Waals surface area contributed by atoms with Gasteiger partial charge in [0.1, 0.15) is 0 Å². The Bertz CT molecular complexity index is 357. The second kappa shape index (κ2) is 3.62. The van der Waals surface area contributed by atoms with Crippen LogP contribution in [0.2, 0.25) is 0 Å². The maximum absolute atomic E-state index is 11.0. The lowest BCUT2D eigenvalue weighted by atomic mass is 10.2. The highest BCUT2D eigenvalue weighted by Crippen LogP contribution is 2.13. The van der Waals surface area contributed by atoms with Gasteiger partial charge in [0, 0.05) is 24.8 Å². The monoisotopic (exact) mass is 182 g/mol. The smallest absolute Gasteiger partial charge is 0.223 e. The molecule has 1 atom stereocenters. The number of aromatic hydroxyl groups is 1. The molecular weight excluding hydrogens is 168 g/mol. The summed E-state index contributed by atoms with van der Waals surface area (Å²) in [7, 11) is 0. The molecule has 72 valence electrons. The van der Waals surface area contributed by atoms with Crippen LogP contribution in [-0.2, 0) is 0 Å². The molecule has 1 aromatic rings. The fourth-order valence-electron chi connectivity index (χ4n) is 1.23. The third kappa shape index (κ3) is 1.72. The predicted octanol–water partition coefficient (Wildman–Crippen LogP) is 0.382. The van der Waals surface area contributed by atoms with Crippen molar-refractivity contribution in [1.29, 1.82) is 0 Å². The largest absolute Gasteiger partial charge is 0.503 e. The van der Waals surface area contributed by atoms with Crippen molar-refractivity contribution in [3.05, 3.63) is 28.2 Å². The van der Waals surface area contributed by atoms with Crippen LogP contribution in [0, 0.1) is 6.92 Å². The van der Waals surface area contributed by atoms with E-state index in [-0.39, 0.29) is 17.2 Å². The summed E-state index contributed by atoms with van der Waals surface area (Å²) >= 11 is 0. The number of aromatic nitrogens is 1.